The number of nitrogens with zero attached hydrogens (tertiary/aromatic N) is 3. The molecule has 0 unspecified atom stereocenters. The van der Waals surface area contributed by atoms with Crippen LogP contribution in [0.3, 0.4) is 0 Å². The third kappa shape index (κ3) is 5.02. The first-order valence-electron chi connectivity index (χ1n) is 11.2. The van der Waals surface area contributed by atoms with Gasteiger partial charge in [-0.1, -0.05) is 18.2 Å². The van der Waals surface area contributed by atoms with Crippen LogP contribution in [0.1, 0.15) is 16.8 Å². The van der Waals surface area contributed by atoms with Gasteiger partial charge in [-0.15, -0.1) is 0 Å². The number of methoxy groups -OCH3 is 1. The van der Waals surface area contributed by atoms with Crippen LogP contribution >= 0.6 is 0 Å². The van der Waals surface area contributed by atoms with Crippen molar-refractivity contribution in [3.63, 3.8) is 0 Å². The average molecular weight is 480 g/mol. The molecule has 8 heteroatoms. The summed E-state index contributed by atoms with van der Waals surface area (Å²) in [5.41, 5.74) is 2.17. The number of benzene rings is 3. The van der Waals surface area contributed by atoms with Crippen LogP contribution in [-0.4, -0.2) is 59.6 Å². The number of para-hydroxylation sites is 1. The molecule has 0 saturated carbocycles. The number of sulfonamides is 1. The molecule has 0 aliphatic carbocycles. The molecule has 1 heterocycles. The molecule has 3 aromatic carbocycles. The van der Waals surface area contributed by atoms with Crippen molar-refractivity contribution >= 4 is 27.3 Å². The van der Waals surface area contributed by atoms with E-state index >= 15 is 0 Å². The number of ether oxygens (including phenoxy) is 1. The van der Waals surface area contributed by atoms with E-state index in [4.69, 9.17) is 4.74 Å². The first-order valence-corrected chi connectivity index (χ1v) is 12.7. The van der Waals surface area contributed by atoms with E-state index in [1.54, 1.807) is 43.5 Å². The molecule has 4 rings (SSSR count). The Bertz CT molecular complexity index is 1210. The second-order valence-electron chi connectivity index (χ2n) is 8.16. The minimum Gasteiger partial charge on any atom is -0.497 e. The van der Waals surface area contributed by atoms with Crippen LogP contribution in [-0.2, 0) is 10.0 Å². The Morgan fingerprint density at radius 1 is 0.853 bits per heavy atom. The van der Waals surface area contributed by atoms with Crippen molar-refractivity contribution < 1.29 is 17.9 Å². The van der Waals surface area contributed by atoms with Gasteiger partial charge >= 0.3 is 0 Å². The molecule has 1 amide bonds. The zero-order valence-corrected chi connectivity index (χ0v) is 20.2. The second-order valence-corrected chi connectivity index (χ2v) is 10.1. The summed E-state index contributed by atoms with van der Waals surface area (Å²) < 4.78 is 32.5. The summed E-state index contributed by atoms with van der Waals surface area (Å²) in [7, 11) is -0.545. The molecule has 7 nitrogen and oxygen atoms in total. The molecule has 1 fully saturated rings. The van der Waals surface area contributed by atoms with E-state index in [9.17, 15) is 13.2 Å². The van der Waals surface area contributed by atoms with Gasteiger partial charge < -0.3 is 14.5 Å². The largest absolute Gasteiger partial charge is 0.497 e. The normalized spacial score (nSPS) is 14.4. The number of carbonyl (C=O) groups is 1. The van der Waals surface area contributed by atoms with Crippen molar-refractivity contribution in [1.29, 1.82) is 0 Å². The number of rotatable bonds is 6. The molecule has 1 saturated heterocycles. The molecule has 178 valence electrons. The summed E-state index contributed by atoms with van der Waals surface area (Å²) in [6.45, 7) is 2.84. The summed E-state index contributed by atoms with van der Waals surface area (Å²) in [6.07, 6.45) is 0.853. The van der Waals surface area contributed by atoms with Crippen molar-refractivity contribution in [3.05, 3.63) is 84.4 Å². The van der Waals surface area contributed by atoms with E-state index in [2.05, 4.69) is 4.90 Å². The minimum absolute atomic E-state index is 0.0862. The van der Waals surface area contributed by atoms with E-state index in [1.807, 2.05) is 35.2 Å². The Morgan fingerprint density at radius 3 is 2.18 bits per heavy atom. The third-order valence-electron chi connectivity index (χ3n) is 6.10. The van der Waals surface area contributed by atoms with Crippen LogP contribution in [0, 0.1) is 0 Å². The first-order chi connectivity index (χ1) is 16.4. The van der Waals surface area contributed by atoms with Crippen LogP contribution in [0.25, 0.3) is 0 Å². The lowest BCUT2D eigenvalue weighted by molar-refractivity contribution is 0.0767. The Kier molecular flexibility index (Phi) is 7.07. The van der Waals surface area contributed by atoms with Crippen molar-refractivity contribution in [2.75, 3.05) is 49.5 Å². The van der Waals surface area contributed by atoms with Crippen molar-refractivity contribution in [2.24, 2.45) is 0 Å². The van der Waals surface area contributed by atoms with E-state index in [0.717, 1.165) is 30.9 Å². The van der Waals surface area contributed by atoms with E-state index in [-0.39, 0.29) is 10.8 Å². The Hall–Kier alpha value is -3.52. The summed E-state index contributed by atoms with van der Waals surface area (Å²) >= 11 is 0. The van der Waals surface area contributed by atoms with E-state index < -0.39 is 10.0 Å². The summed E-state index contributed by atoms with van der Waals surface area (Å²) in [4.78, 5) is 17.4. The predicted molar refractivity (Wildman–Crippen MR) is 134 cm³/mol. The highest BCUT2D eigenvalue weighted by Gasteiger charge is 2.24. The van der Waals surface area contributed by atoms with Crippen molar-refractivity contribution in [2.45, 2.75) is 11.3 Å². The molecule has 0 aromatic heterocycles. The number of hydrogen-bond donors (Lipinski definition) is 0. The maximum absolute atomic E-state index is 13.1. The average Bonchev–Trinajstić information content (AvgIpc) is 3.15. The lowest BCUT2D eigenvalue weighted by atomic mass is 10.2. The molecule has 0 N–H and O–H groups in total. The minimum atomic E-state index is -3.72. The van der Waals surface area contributed by atoms with Crippen LogP contribution in [0.2, 0.25) is 0 Å². The van der Waals surface area contributed by atoms with Gasteiger partial charge in [0.05, 0.1) is 17.7 Å². The molecule has 0 atom stereocenters. The number of anilines is 2. The molecule has 0 spiro atoms. The molecular weight excluding hydrogens is 450 g/mol. The van der Waals surface area contributed by atoms with Crippen LogP contribution in [0.4, 0.5) is 11.4 Å². The topological polar surface area (TPSA) is 70.2 Å². The number of amides is 1. The maximum atomic E-state index is 13.1. The van der Waals surface area contributed by atoms with Crippen LogP contribution in [0.15, 0.2) is 83.8 Å². The van der Waals surface area contributed by atoms with Gasteiger partial charge in [0, 0.05) is 44.5 Å². The quantitative estimate of drug-likeness (QED) is 0.537. The molecule has 1 aliphatic rings. The second kappa shape index (κ2) is 10.2. The standard InChI is InChI=1S/C26H29N3O4S/c1-27(22-7-4-3-5-8-22)34(31,32)25-15-9-21(10-16-25)26(30)29-18-6-17-28(19-20-29)23-11-13-24(33-2)14-12-23/h3-5,7-16H,6,17-20H2,1-2H3. The fraction of sp³-hybridized carbons (Fsp3) is 0.269. The first kappa shape index (κ1) is 23.6. The van der Waals surface area contributed by atoms with Crippen LogP contribution < -0.4 is 13.9 Å². The molecule has 0 bridgehead atoms. The molecule has 1 aliphatic heterocycles. The van der Waals surface area contributed by atoms with Crippen LogP contribution in [0.5, 0.6) is 5.75 Å². The SMILES string of the molecule is COc1ccc(N2CCCN(C(=O)c3ccc(S(=O)(=O)N(C)c4ccccc4)cc3)CC2)cc1. The summed E-state index contributed by atoms with van der Waals surface area (Å²) in [5, 5.41) is 0. The van der Waals surface area contributed by atoms with Gasteiger partial charge in [0.15, 0.2) is 0 Å². The Morgan fingerprint density at radius 2 is 1.53 bits per heavy atom. The molecule has 0 radical (unpaired) electrons. The van der Waals surface area contributed by atoms with Gasteiger partial charge in [0.25, 0.3) is 15.9 Å². The highest BCUT2D eigenvalue weighted by atomic mass is 32.2. The zero-order chi connectivity index (χ0) is 24.1. The summed E-state index contributed by atoms with van der Waals surface area (Å²) in [6, 6.07) is 23.0. The highest BCUT2D eigenvalue weighted by Crippen LogP contribution is 2.23. The van der Waals surface area contributed by atoms with Gasteiger partial charge in [-0.2, -0.15) is 0 Å². The van der Waals surface area contributed by atoms with Gasteiger partial charge in [-0.25, -0.2) is 8.42 Å². The predicted octanol–water partition coefficient (Wildman–Crippen LogP) is 3.87. The molecule has 34 heavy (non-hydrogen) atoms. The smallest absolute Gasteiger partial charge is 0.264 e. The number of hydrogen-bond acceptors (Lipinski definition) is 5. The fourth-order valence-corrected chi connectivity index (χ4v) is 5.25. The van der Waals surface area contributed by atoms with Gasteiger partial charge in [-0.05, 0) is 67.1 Å². The lowest BCUT2D eigenvalue weighted by Gasteiger charge is -2.24. The van der Waals surface area contributed by atoms with Crippen molar-refractivity contribution in [3.8, 4) is 5.75 Å². The Labute approximate surface area is 201 Å². The van der Waals surface area contributed by atoms with Gasteiger partial charge in [-0.3, -0.25) is 9.10 Å². The van der Waals surface area contributed by atoms with Gasteiger partial charge in [0.2, 0.25) is 0 Å². The zero-order valence-electron chi connectivity index (χ0n) is 19.4. The molecular formula is C26H29N3O4S. The lowest BCUT2D eigenvalue weighted by Crippen LogP contribution is -2.35. The van der Waals surface area contributed by atoms with E-state index in [1.165, 1.54) is 23.5 Å². The molecule has 3 aromatic rings. The third-order valence-corrected chi connectivity index (χ3v) is 7.90. The van der Waals surface area contributed by atoms with Gasteiger partial charge in [0.1, 0.15) is 5.75 Å². The fourth-order valence-electron chi connectivity index (χ4n) is 4.06. The van der Waals surface area contributed by atoms with E-state index in [0.29, 0.717) is 24.3 Å². The monoisotopic (exact) mass is 479 g/mol. The highest BCUT2D eigenvalue weighted by molar-refractivity contribution is 7.92. The van der Waals surface area contributed by atoms with Crippen molar-refractivity contribution in [1.82, 2.24) is 4.90 Å². The number of carbonyl (C=O) groups excluding carboxylic acids is 1. The maximum Gasteiger partial charge on any atom is 0.264 e. The Balaban J connectivity index is 1.43. The summed E-state index contributed by atoms with van der Waals surface area (Å²) in [5.74, 6) is 0.729.